The molecule has 1 unspecified atom stereocenters. The topological polar surface area (TPSA) is 88.7 Å². The van der Waals surface area contributed by atoms with E-state index in [1.807, 2.05) is 11.8 Å². The number of amides is 1. The fourth-order valence-electron chi connectivity index (χ4n) is 5.82. The highest BCUT2D eigenvalue weighted by Crippen LogP contribution is 2.57. The minimum absolute atomic E-state index is 0.00148. The van der Waals surface area contributed by atoms with Gasteiger partial charge in [-0.2, -0.15) is 0 Å². The zero-order chi connectivity index (χ0) is 19.3. The molecule has 2 aliphatic carbocycles. The number of fused-ring (bicyclic) bond motifs is 2. The van der Waals surface area contributed by atoms with Crippen molar-refractivity contribution in [2.75, 3.05) is 32.0 Å². The first-order valence-corrected chi connectivity index (χ1v) is 10.9. The summed E-state index contributed by atoms with van der Waals surface area (Å²) >= 11 is 1.59. The first kappa shape index (κ1) is 19.2. The van der Waals surface area contributed by atoms with Gasteiger partial charge in [0.1, 0.15) is 0 Å². The molecule has 3 aliphatic rings. The van der Waals surface area contributed by atoms with Gasteiger partial charge in [0.25, 0.3) is 0 Å². The van der Waals surface area contributed by atoms with Crippen LogP contribution in [0.3, 0.4) is 0 Å². The van der Waals surface area contributed by atoms with Crippen LogP contribution in [0.4, 0.5) is 5.13 Å². The van der Waals surface area contributed by atoms with E-state index in [2.05, 4.69) is 18.8 Å². The second kappa shape index (κ2) is 7.01. The molecule has 2 heterocycles. The summed E-state index contributed by atoms with van der Waals surface area (Å²) in [5.74, 6) is 0.268. The molecule has 3 N–H and O–H groups in total. The van der Waals surface area contributed by atoms with Gasteiger partial charge in [-0.15, -0.1) is 11.3 Å². The fourth-order valence-corrected chi connectivity index (χ4v) is 6.95. The molecule has 0 spiro atoms. The number of morpholine rings is 1. The van der Waals surface area contributed by atoms with Crippen LogP contribution in [0.15, 0.2) is 0 Å². The highest BCUT2D eigenvalue weighted by Gasteiger charge is 2.54. The number of nitrogens with two attached hydrogens (primary N) is 1. The lowest BCUT2D eigenvalue weighted by atomic mass is 9.53. The van der Waals surface area contributed by atoms with Crippen molar-refractivity contribution in [2.45, 2.75) is 52.1 Å². The summed E-state index contributed by atoms with van der Waals surface area (Å²) < 4.78 is 5.37. The van der Waals surface area contributed by atoms with Gasteiger partial charge in [-0.3, -0.25) is 4.79 Å². The molecule has 2 fully saturated rings. The average Bonchev–Trinajstić information content (AvgIpc) is 3.01. The number of hydrogen-bond acceptors (Lipinski definition) is 6. The molecule has 6 atom stereocenters. The van der Waals surface area contributed by atoms with Gasteiger partial charge in [-0.1, -0.05) is 20.8 Å². The molecule has 1 saturated heterocycles. The highest BCUT2D eigenvalue weighted by atomic mass is 32.1. The number of aliphatic hydroxyl groups is 1. The maximum absolute atomic E-state index is 13.0. The van der Waals surface area contributed by atoms with E-state index in [4.69, 9.17) is 10.5 Å². The summed E-state index contributed by atoms with van der Waals surface area (Å²) in [6.45, 7) is 8.99. The zero-order valence-electron chi connectivity index (χ0n) is 16.5. The molecule has 0 radical (unpaired) electrons. The predicted molar refractivity (Wildman–Crippen MR) is 106 cm³/mol. The van der Waals surface area contributed by atoms with Crippen LogP contribution in [0.1, 0.15) is 50.1 Å². The van der Waals surface area contributed by atoms with Crippen molar-refractivity contribution in [3.05, 3.63) is 10.6 Å². The first-order chi connectivity index (χ1) is 12.8. The number of nitrogen functional groups attached to an aromatic ring is 1. The summed E-state index contributed by atoms with van der Waals surface area (Å²) in [5.41, 5.74) is 7.08. The van der Waals surface area contributed by atoms with Crippen molar-refractivity contribution >= 4 is 22.4 Å². The number of anilines is 1. The van der Waals surface area contributed by atoms with Gasteiger partial charge < -0.3 is 20.5 Å². The molecule has 150 valence electrons. The molecule has 1 saturated carbocycles. The molecule has 27 heavy (non-hydrogen) atoms. The minimum Gasteiger partial charge on any atom is -0.392 e. The van der Waals surface area contributed by atoms with Crippen LogP contribution in [0, 0.1) is 23.2 Å². The van der Waals surface area contributed by atoms with Crippen LogP contribution in [0.2, 0.25) is 0 Å². The number of carbonyl (C=O) groups is 1. The van der Waals surface area contributed by atoms with E-state index in [9.17, 15) is 9.90 Å². The molecule has 1 amide bonds. The third-order valence-electron chi connectivity index (χ3n) is 7.29. The Kier molecular flexibility index (Phi) is 4.97. The number of thiazole rings is 1. The van der Waals surface area contributed by atoms with Crippen molar-refractivity contribution in [1.29, 1.82) is 0 Å². The lowest BCUT2D eigenvalue weighted by Crippen LogP contribution is -2.54. The Bertz CT molecular complexity index is 717. The van der Waals surface area contributed by atoms with Gasteiger partial charge in [-0.05, 0) is 36.5 Å². The molecule has 7 heteroatoms. The molecule has 0 aromatic carbocycles. The van der Waals surface area contributed by atoms with E-state index in [1.54, 1.807) is 11.3 Å². The Morgan fingerprint density at radius 1 is 1.44 bits per heavy atom. The van der Waals surface area contributed by atoms with Gasteiger partial charge in [0.2, 0.25) is 5.91 Å². The van der Waals surface area contributed by atoms with Crippen molar-refractivity contribution in [3.63, 3.8) is 0 Å². The van der Waals surface area contributed by atoms with Crippen LogP contribution < -0.4 is 5.73 Å². The number of hydrogen-bond donors (Lipinski definition) is 2. The minimum atomic E-state index is -0.491. The number of ether oxygens (including phenoxy) is 1. The smallest absolute Gasteiger partial charge is 0.225 e. The molecular weight excluding hydrogens is 362 g/mol. The van der Waals surface area contributed by atoms with E-state index < -0.39 is 6.10 Å². The summed E-state index contributed by atoms with van der Waals surface area (Å²) in [5, 5.41) is 12.0. The van der Waals surface area contributed by atoms with Crippen LogP contribution >= 0.6 is 11.3 Å². The molecule has 0 bridgehead atoms. The van der Waals surface area contributed by atoms with Gasteiger partial charge >= 0.3 is 0 Å². The van der Waals surface area contributed by atoms with Gasteiger partial charge in [0.15, 0.2) is 5.13 Å². The molecule has 1 aromatic heterocycles. The summed E-state index contributed by atoms with van der Waals surface area (Å²) in [4.78, 5) is 20.7. The number of nitrogens with zero attached hydrogens (tertiary/aromatic N) is 2. The first-order valence-electron chi connectivity index (χ1n) is 10.1. The molecule has 4 rings (SSSR count). The predicted octanol–water partition coefficient (Wildman–Crippen LogP) is 2.27. The number of aliphatic hydroxyl groups excluding tert-OH is 1. The number of rotatable bonds is 2. The monoisotopic (exact) mass is 393 g/mol. The van der Waals surface area contributed by atoms with E-state index in [0.29, 0.717) is 31.4 Å². The standard InChI is InChI=1S/C20H31N3O3S/c1-11(18(25)23-6-8-26-9-7-23)13-4-5-20(3)10-14-16(22-19(21)27-14)12(2)15(20)17(13)24/h11-13,15,17,24H,4-10H2,1-3H3,(H2,21,22)/t11-,12-,13?,15+,17-,20-/m0/s1. The van der Waals surface area contributed by atoms with E-state index >= 15 is 0 Å². The Labute approximate surface area is 165 Å². The van der Waals surface area contributed by atoms with Crippen LogP contribution in [0.5, 0.6) is 0 Å². The van der Waals surface area contributed by atoms with Gasteiger partial charge in [-0.25, -0.2) is 4.98 Å². The van der Waals surface area contributed by atoms with E-state index in [-0.39, 0.29) is 35.0 Å². The Morgan fingerprint density at radius 2 is 2.15 bits per heavy atom. The molecule has 6 nitrogen and oxygen atoms in total. The number of aromatic nitrogens is 1. The van der Waals surface area contributed by atoms with Crippen molar-refractivity contribution in [3.8, 4) is 0 Å². The van der Waals surface area contributed by atoms with Crippen LogP contribution in [-0.2, 0) is 16.0 Å². The molecule has 1 aliphatic heterocycles. The van der Waals surface area contributed by atoms with Gasteiger partial charge in [0.05, 0.1) is 25.0 Å². The quantitative estimate of drug-likeness (QED) is 0.805. The van der Waals surface area contributed by atoms with E-state index in [1.165, 1.54) is 4.88 Å². The summed E-state index contributed by atoms with van der Waals surface area (Å²) in [6, 6.07) is 0. The Morgan fingerprint density at radius 3 is 2.85 bits per heavy atom. The molecular formula is C20H31N3O3S. The molecule has 1 aromatic rings. The van der Waals surface area contributed by atoms with Gasteiger partial charge in [0, 0.05) is 29.8 Å². The lowest BCUT2D eigenvalue weighted by molar-refractivity contribution is -0.148. The van der Waals surface area contributed by atoms with E-state index in [0.717, 1.165) is 25.0 Å². The third kappa shape index (κ3) is 3.17. The third-order valence-corrected chi connectivity index (χ3v) is 8.19. The average molecular weight is 394 g/mol. The van der Waals surface area contributed by atoms with Crippen LogP contribution in [0.25, 0.3) is 0 Å². The van der Waals surface area contributed by atoms with Crippen molar-refractivity contribution < 1.29 is 14.6 Å². The Hall–Kier alpha value is -1.18. The normalized spacial score (nSPS) is 37.4. The SMILES string of the molecule is C[C@H](C(=O)N1CCOCC1)C1CC[C@@]2(C)Cc3sc(N)nc3[C@@H](C)[C@@H]2[C@H]1O. The largest absolute Gasteiger partial charge is 0.392 e. The lowest BCUT2D eigenvalue weighted by Gasteiger charge is -2.53. The van der Waals surface area contributed by atoms with Crippen LogP contribution in [-0.4, -0.2) is 53.3 Å². The van der Waals surface area contributed by atoms with Crippen molar-refractivity contribution in [1.82, 2.24) is 9.88 Å². The summed E-state index contributed by atoms with van der Waals surface area (Å²) in [6.07, 6.45) is 2.36. The number of carbonyl (C=O) groups excluding carboxylic acids is 1. The maximum Gasteiger partial charge on any atom is 0.225 e. The second-order valence-corrected chi connectivity index (χ2v) is 10.0. The van der Waals surface area contributed by atoms with Crippen molar-refractivity contribution in [2.24, 2.45) is 23.2 Å². The second-order valence-electron chi connectivity index (χ2n) is 8.93. The zero-order valence-corrected chi connectivity index (χ0v) is 17.3. The summed E-state index contributed by atoms with van der Waals surface area (Å²) in [7, 11) is 0. The highest BCUT2D eigenvalue weighted by molar-refractivity contribution is 7.15. The fraction of sp³-hybridized carbons (Fsp3) is 0.800. The maximum atomic E-state index is 13.0. The Balaban J connectivity index is 1.56.